The van der Waals surface area contributed by atoms with Crippen molar-refractivity contribution in [2.45, 2.75) is 31.1 Å². The van der Waals surface area contributed by atoms with Gasteiger partial charge in [0.2, 0.25) is 0 Å². The van der Waals surface area contributed by atoms with Gasteiger partial charge in [-0.2, -0.15) is 0 Å². The Labute approximate surface area is 144 Å². The zero-order chi connectivity index (χ0) is 16.3. The number of hydrogen-bond donors (Lipinski definition) is 1. The summed E-state index contributed by atoms with van der Waals surface area (Å²) in [6.45, 7) is 6.45. The molecule has 0 radical (unpaired) electrons. The van der Waals surface area contributed by atoms with Crippen molar-refractivity contribution in [2.24, 2.45) is 4.99 Å². The monoisotopic (exact) mass is 377 g/mol. The fourth-order valence-corrected chi connectivity index (χ4v) is 3.05. The van der Waals surface area contributed by atoms with Gasteiger partial charge in [-0.05, 0) is 57.4 Å². The van der Waals surface area contributed by atoms with Gasteiger partial charge in [0.25, 0.3) is 0 Å². The van der Waals surface area contributed by atoms with E-state index in [4.69, 9.17) is 0 Å². The molecule has 0 aliphatic carbocycles. The van der Waals surface area contributed by atoms with Gasteiger partial charge in [-0.25, -0.2) is 0 Å². The van der Waals surface area contributed by atoms with E-state index in [0.717, 1.165) is 21.7 Å². The fourth-order valence-electron chi connectivity index (χ4n) is 2.03. The van der Waals surface area contributed by atoms with Crippen LogP contribution in [0.1, 0.15) is 31.9 Å². The Morgan fingerprint density at radius 2 is 1.86 bits per heavy atom. The predicted molar refractivity (Wildman–Crippen MR) is 100.0 cm³/mol. The number of phenols is 1. The molecule has 0 aliphatic heterocycles. The Balaban J connectivity index is 2.45. The zero-order valence-electron chi connectivity index (χ0n) is 13.2. The Kier molecular flexibility index (Phi) is 5.35. The molecule has 0 unspecified atom stereocenters. The number of nitrogens with zero attached hydrogens (tertiary/aromatic N) is 1. The van der Waals surface area contributed by atoms with Crippen molar-refractivity contribution in [2.75, 3.05) is 6.26 Å². The Hall–Kier alpha value is -1.26. The van der Waals surface area contributed by atoms with Crippen LogP contribution in [0.3, 0.4) is 0 Å². The normalized spacial score (nSPS) is 12.0. The first kappa shape index (κ1) is 17.1. The molecule has 2 rings (SSSR count). The average Bonchev–Trinajstić information content (AvgIpc) is 2.47. The number of phenolic OH excluding ortho intramolecular Hbond substituents is 1. The minimum absolute atomic E-state index is 0.00991. The lowest BCUT2D eigenvalue weighted by Crippen LogP contribution is -2.11. The van der Waals surface area contributed by atoms with Gasteiger partial charge in [0, 0.05) is 16.7 Å². The summed E-state index contributed by atoms with van der Waals surface area (Å²) in [6, 6.07) is 11.9. The van der Waals surface area contributed by atoms with Crippen LogP contribution in [0.5, 0.6) is 5.75 Å². The van der Waals surface area contributed by atoms with E-state index in [1.54, 1.807) is 18.0 Å². The maximum absolute atomic E-state index is 10.2. The number of para-hydroxylation sites is 1. The van der Waals surface area contributed by atoms with Gasteiger partial charge in [0.05, 0.1) is 10.2 Å². The second-order valence-corrected chi connectivity index (χ2v) is 7.78. The second-order valence-electron chi connectivity index (χ2n) is 6.08. The minimum Gasteiger partial charge on any atom is -0.506 e. The lowest BCUT2D eigenvalue weighted by atomic mass is 9.86. The van der Waals surface area contributed by atoms with E-state index in [9.17, 15) is 5.11 Å². The summed E-state index contributed by atoms with van der Waals surface area (Å²) in [5, 5.41) is 10.2. The average molecular weight is 378 g/mol. The number of halogens is 1. The number of hydrogen-bond acceptors (Lipinski definition) is 3. The molecule has 0 saturated carbocycles. The molecule has 0 aromatic heterocycles. The summed E-state index contributed by atoms with van der Waals surface area (Å²) in [5.74, 6) is 0.221. The van der Waals surface area contributed by atoms with Crippen LogP contribution in [0.25, 0.3) is 0 Å². The molecular weight excluding hydrogens is 358 g/mol. The van der Waals surface area contributed by atoms with E-state index in [-0.39, 0.29) is 11.2 Å². The van der Waals surface area contributed by atoms with Gasteiger partial charge in [0.1, 0.15) is 5.75 Å². The smallest absolute Gasteiger partial charge is 0.138 e. The molecule has 0 heterocycles. The molecule has 116 valence electrons. The number of aromatic hydroxyl groups is 1. The van der Waals surface area contributed by atoms with Crippen LogP contribution in [0.15, 0.2) is 50.8 Å². The summed E-state index contributed by atoms with van der Waals surface area (Å²) in [6.07, 6.45) is 3.76. The molecule has 2 aromatic carbocycles. The lowest BCUT2D eigenvalue weighted by molar-refractivity contribution is 0.469. The Morgan fingerprint density at radius 1 is 1.18 bits per heavy atom. The largest absolute Gasteiger partial charge is 0.506 e. The molecule has 0 saturated heterocycles. The van der Waals surface area contributed by atoms with Crippen molar-refractivity contribution < 1.29 is 5.11 Å². The fraction of sp³-hybridized carbons (Fsp3) is 0.278. The molecule has 2 nitrogen and oxygen atoms in total. The molecule has 4 heteroatoms. The molecule has 0 aliphatic rings. The topological polar surface area (TPSA) is 32.6 Å². The first-order valence-corrected chi connectivity index (χ1v) is 9.05. The van der Waals surface area contributed by atoms with Gasteiger partial charge >= 0.3 is 0 Å². The van der Waals surface area contributed by atoms with Crippen molar-refractivity contribution in [1.82, 2.24) is 0 Å². The third kappa shape index (κ3) is 3.93. The number of rotatable bonds is 3. The lowest BCUT2D eigenvalue weighted by Gasteiger charge is -2.20. The summed E-state index contributed by atoms with van der Waals surface area (Å²) < 4.78 is 0.694. The van der Waals surface area contributed by atoms with E-state index < -0.39 is 0 Å². The molecule has 22 heavy (non-hydrogen) atoms. The maximum Gasteiger partial charge on any atom is 0.138 e. The number of thioether (sulfide) groups is 1. The summed E-state index contributed by atoms with van der Waals surface area (Å²) >= 11 is 5.09. The standard InChI is InChI=1S/C18H20BrNOS/c1-18(2,3)13-9-12(17(21)14(19)10-13)11-20-15-7-5-6-8-16(15)22-4/h5-11,21H,1-4H3. The minimum atomic E-state index is 0.00991. The SMILES string of the molecule is CSc1ccccc1N=Cc1cc(C(C)(C)C)cc(Br)c1O. The van der Waals surface area contributed by atoms with Gasteiger partial charge in [-0.1, -0.05) is 32.9 Å². The highest BCUT2D eigenvalue weighted by Crippen LogP contribution is 2.34. The molecule has 0 bridgehead atoms. The van der Waals surface area contributed by atoms with Crippen LogP contribution >= 0.6 is 27.7 Å². The van der Waals surface area contributed by atoms with Gasteiger partial charge < -0.3 is 5.11 Å². The van der Waals surface area contributed by atoms with Crippen LogP contribution in [0.2, 0.25) is 0 Å². The molecule has 1 N–H and O–H groups in total. The van der Waals surface area contributed by atoms with Crippen LogP contribution in [-0.2, 0) is 5.41 Å². The quantitative estimate of drug-likeness (QED) is 0.531. The van der Waals surface area contributed by atoms with Crippen LogP contribution in [0, 0.1) is 0 Å². The van der Waals surface area contributed by atoms with E-state index in [1.165, 1.54) is 0 Å². The maximum atomic E-state index is 10.2. The van der Waals surface area contributed by atoms with Gasteiger partial charge in [-0.15, -0.1) is 11.8 Å². The van der Waals surface area contributed by atoms with Gasteiger partial charge in [-0.3, -0.25) is 4.99 Å². The van der Waals surface area contributed by atoms with Crippen molar-refractivity contribution in [3.05, 3.63) is 52.0 Å². The first-order chi connectivity index (χ1) is 10.3. The first-order valence-electron chi connectivity index (χ1n) is 7.03. The van der Waals surface area contributed by atoms with E-state index >= 15 is 0 Å². The Morgan fingerprint density at radius 3 is 2.50 bits per heavy atom. The van der Waals surface area contributed by atoms with E-state index in [2.05, 4.69) is 41.7 Å². The molecule has 0 atom stereocenters. The highest BCUT2D eigenvalue weighted by Gasteiger charge is 2.17. The summed E-state index contributed by atoms with van der Waals surface area (Å²) in [7, 11) is 0. The summed E-state index contributed by atoms with van der Waals surface area (Å²) in [4.78, 5) is 5.66. The zero-order valence-corrected chi connectivity index (χ0v) is 15.6. The number of benzene rings is 2. The highest BCUT2D eigenvalue weighted by molar-refractivity contribution is 9.10. The third-order valence-corrected chi connectivity index (χ3v) is 4.78. The van der Waals surface area contributed by atoms with Crippen LogP contribution in [0.4, 0.5) is 5.69 Å². The van der Waals surface area contributed by atoms with Crippen molar-refractivity contribution in [1.29, 1.82) is 0 Å². The van der Waals surface area contributed by atoms with Crippen molar-refractivity contribution >= 4 is 39.6 Å². The molecule has 2 aromatic rings. The third-order valence-electron chi connectivity index (χ3n) is 3.39. The number of aliphatic imine (C=N–C) groups is 1. The van der Waals surface area contributed by atoms with Gasteiger partial charge in [0.15, 0.2) is 0 Å². The summed E-state index contributed by atoms with van der Waals surface area (Å²) in [5.41, 5.74) is 2.79. The van der Waals surface area contributed by atoms with Crippen molar-refractivity contribution in [3.63, 3.8) is 0 Å². The second kappa shape index (κ2) is 6.88. The highest BCUT2D eigenvalue weighted by atomic mass is 79.9. The molecular formula is C18H20BrNOS. The molecule has 0 fully saturated rings. The Bertz CT molecular complexity index is 705. The van der Waals surface area contributed by atoms with Crippen LogP contribution in [-0.4, -0.2) is 17.6 Å². The molecule has 0 amide bonds. The van der Waals surface area contributed by atoms with Crippen LogP contribution < -0.4 is 0 Å². The van der Waals surface area contributed by atoms with Crippen molar-refractivity contribution in [3.8, 4) is 5.75 Å². The predicted octanol–water partition coefficient (Wildman–Crippen LogP) is 5.92. The van der Waals surface area contributed by atoms with E-state index in [1.807, 2.05) is 42.7 Å². The van der Waals surface area contributed by atoms with E-state index in [0.29, 0.717) is 4.47 Å². The molecule has 0 spiro atoms.